The molecule has 11 heteroatoms. The predicted molar refractivity (Wildman–Crippen MR) is 150 cm³/mol. The van der Waals surface area contributed by atoms with Gasteiger partial charge in [-0.1, -0.05) is 24.3 Å². The minimum Gasteiger partial charge on any atom is -0.492 e. The average Bonchev–Trinajstić information content (AvgIpc) is 3.46. The molecular weight excluding hydrogens is 538 g/mol. The number of rotatable bonds is 11. The molecule has 9 nitrogen and oxygen atoms in total. The Morgan fingerprint density at radius 1 is 0.872 bits per heavy atom. The van der Waals surface area contributed by atoms with Gasteiger partial charge in [-0.05, 0) is 86.3 Å². The molecule has 1 aliphatic heterocycles. The SMILES string of the molecule is Cc1cc(C)cc(N(CC(=O)NCCOc2ccc(S(=O)(=O)N3CCCC3)cc2)S(=O)(=O)c2ccccc2)c1. The minimum absolute atomic E-state index is 0.0930. The van der Waals surface area contributed by atoms with Crippen molar-refractivity contribution in [2.75, 3.05) is 37.1 Å². The fraction of sp³-hybridized carbons (Fsp3) is 0.321. The van der Waals surface area contributed by atoms with Gasteiger partial charge in [-0.15, -0.1) is 0 Å². The maximum atomic E-state index is 13.5. The van der Waals surface area contributed by atoms with Crippen LogP contribution in [0.2, 0.25) is 0 Å². The molecule has 1 amide bonds. The standard InChI is InChI=1S/C28H33N3O6S2/c1-22-18-23(2)20-24(19-22)31(39(35,36)26-8-4-3-5-9-26)21-28(32)29-14-17-37-25-10-12-27(13-11-25)38(33,34)30-15-6-7-16-30/h3-5,8-13,18-20H,6-7,14-17,21H2,1-2H3,(H,29,32). The third-order valence-corrected chi connectivity index (χ3v) is 10.0. The van der Waals surface area contributed by atoms with E-state index in [0.29, 0.717) is 24.5 Å². The molecule has 0 aromatic heterocycles. The third-order valence-electron chi connectivity index (χ3n) is 6.33. The summed E-state index contributed by atoms with van der Waals surface area (Å²) < 4.78 is 60.5. The summed E-state index contributed by atoms with van der Waals surface area (Å²) in [6.07, 6.45) is 1.74. The Morgan fingerprint density at radius 3 is 2.10 bits per heavy atom. The molecule has 0 unspecified atom stereocenters. The zero-order chi connectivity index (χ0) is 28.0. The van der Waals surface area contributed by atoms with Gasteiger partial charge >= 0.3 is 0 Å². The van der Waals surface area contributed by atoms with E-state index in [4.69, 9.17) is 4.74 Å². The van der Waals surface area contributed by atoms with Crippen LogP contribution >= 0.6 is 0 Å². The Kier molecular flexibility index (Phi) is 8.94. The summed E-state index contributed by atoms with van der Waals surface area (Å²) in [4.78, 5) is 13.1. The van der Waals surface area contributed by atoms with E-state index in [2.05, 4.69) is 5.32 Å². The van der Waals surface area contributed by atoms with Crippen LogP contribution in [0.1, 0.15) is 24.0 Å². The zero-order valence-corrected chi connectivity index (χ0v) is 23.7. The highest BCUT2D eigenvalue weighted by atomic mass is 32.2. The number of ether oxygens (including phenoxy) is 1. The molecule has 0 atom stereocenters. The monoisotopic (exact) mass is 571 g/mol. The Bertz CT molecular complexity index is 1480. The van der Waals surface area contributed by atoms with Crippen molar-refractivity contribution < 1.29 is 26.4 Å². The molecule has 1 fully saturated rings. The molecule has 208 valence electrons. The van der Waals surface area contributed by atoms with Crippen LogP contribution in [0.25, 0.3) is 0 Å². The van der Waals surface area contributed by atoms with Crippen LogP contribution in [-0.2, 0) is 24.8 Å². The molecule has 39 heavy (non-hydrogen) atoms. The zero-order valence-electron chi connectivity index (χ0n) is 22.0. The van der Waals surface area contributed by atoms with Crippen molar-refractivity contribution in [2.24, 2.45) is 0 Å². The van der Waals surface area contributed by atoms with Crippen molar-refractivity contribution in [3.63, 3.8) is 0 Å². The molecule has 1 saturated heterocycles. The van der Waals surface area contributed by atoms with E-state index in [9.17, 15) is 21.6 Å². The number of aryl methyl sites for hydroxylation is 2. The summed E-state index contributed by atoms with van der Waals surface area (Å²) in [5.74, 6) is -0.0162. The first-order valence-electron chi connectivity index (χ1n) is 12.7. The molecule has 1 heterocycles. The Balaban J connectivity index is 1.37. The van der Waals surface area contributed by atoms with Gasteiger partial charge < -0.3 is 10.1 Å². The summed E-state index contributed by atoms with van der Waals surface area (Å²) in [5.41, 5.74) is 2.17. The van der Waals surface area contributed by atoms with Crippen LogP contribution in [0.5, 0.6) is 5.75 Å². The lowest BCUT2D eigenvalue weighted by molar-refractivity contribution is -0.119. The van der Waals surface area contributed by atoms with Crippen LogP contribution < -0.4 is 14.4 Å². The van der Waals surface area contributed by atoms with Crippen molar-refractivity contribution in [3.05, 3.63) is 83.9 Å². The van der Waals surface area contributed by atoms with Gasteiger partial charge in [0.05, 0.1) is 22.0 Å². The second-order valence-electron chi connectivity index (χ2n) is 9.45. The van der Waals surface area contributed by atoms with E-state index in [1.165, 1.54) is 28.6 Å². The topological polar surface area (TPSA) is 113 Å². The summed E-state index contributed by atoms with van der Waals surface area (Å²) in [6, 6.07) is 19.6. The van der Waals surface area contributed by atoms with Crippen LogP contribution in [-0.4, -0.2) is 59.8 Å². The Labute approximate surface area is 230 Å². The van der Waals surface area contributed by atoms with Gasteiger partial charge in [-0.2, -0.15) is 4.31 Å². The smallest absolute Gasteiger partial charge is 0.264 e. The number of hydrogen-bond acceptors (Lipinski definition) is 6. The lowest BCUT2D eigenvalue weighted by Crippen LogP contribution is -2.42. The molecule has 1 aliphatic rings. The molecule has 0 spiro atoms. The van der Waals surface area contributed by atoms with E-state index in [1.807, 2.05) is 19.9 Å². The Hall–Kier alpha value is -3.41. The maximum absolute atomic E-state index is 13.5. The summed E-state index contributed by atoms with van der Waals surface area (Å²) in [5, 5.41) is 2.71. The number of sulfonamides is 2. The molecule has 3 aromatic rings. The molecule has 3 aromatic carbocycles. The molecule has 1 N–H and O–H groups in total. The molecule has 4 rings (SSSR count). The molecular formula is C28H33N3O6S2. The number of nitrogens with one attached hydrogen (secondary N) is 1. The number of anilines is 1. The fourth-order valence-corrected chi connectivity index (χ4v) is 7.40. The number of benzene rings is 3. The molecule has 0 aliphatic carbocycles. The number of carbonyl (C=O) groups excluding carboxylic acids is 1. The third kappa shape index (κ3) is 6.97. The minimum atomic E-state index is -3.99. The van der Waals surface area contributed by atoms with E-state index in [-0.39, 0.29) is 22.9 Å². The van der Waals surface area contributed by atoms with Crippen LogP contribution in [0.15, 0.2) is 82.6 Å². The molecule has 0 saturated carbocycles. The first-order chi connectivity index (χ1) is 18.6. The highest BCUT2D eigenvalue weighted by molar-refractivity contribution is 7.92. The number of nitrogens with zero attached hydrogens (tertiary/aromatic N) is 2. The lowest BCUT2D eigenvalue weighted by Gasteiger charge is -2.25. The summed E-state index contributed by atoms with van der Waals surface area (Å²) in [7, 11) is -7.49. The second kappa shape index (κ2) is 12.2. The molecule has 0 bridgehead atoms. The van der Waals surface area contributed by atoms with E-state index in [1.54, 1.807) is 42.5 Å². The normalized spacial score (nSPS) is 14.2. The van der Waals surface area contributed by atoms with Gasteiger partial charge in [-0.3, -0.25) is 9.10 Å². The van der Waals surface area contributed by atoms with E-state index in [0.717, 1.165) is 28.3 Å². The van der Waals surface area contributed by atoms with Gasteiger partial charge in [0.15, 0.2) is 0 Å². The largest absolute Gasteiger partial charge is 0.492 e. The number of amides is 1. The van der Waals surface area contributed by atoms with Crippen molar-refractivity contribution in [1.29, 1.82) is 0 Å². The van der Waals surface area contributed by atoms with E-state index < -0.39 is 32.5 Å². The highest BCUT2D eigenvalue weighted by Gasteiger charge is 2.28. The maximum Gasteiger partial charge on any atom is 0.264 e. The predicted octanol–water partition coefficient (Wildman–Crippen LogP) is 3.48. The first kappa shape index (κ1) is 28.6. The second-order valence-corrected chi connectivity index (χ2v) is 13.3. The molecule has 0 radical (unpaired) electrons. The number of hydrogen-bond donors (Lipinski definition) is 1. The number of carbonyl (C=O) groups is 1. The lowest BCUT2D eigenvalue weighted by atomic mass is 10.1. The van der Waals surface area contributed by atoms with Gasteiger partial charge in [0, 0.05) is 13.1 Å². The van der Waals surface area contributed by atoms with Crippen LogP contribution in [0, 0.1) is 13.8 Å². The van der Waals surface area contributed by atoms with Crippen LogP contribution in [0.4, 0.5) is 5.69 Å². The first-order valence-corrected chi connectivity index (χ1v) is 15.6. The fourth-order valence-electron chi connectivity index (χ4n) is 4.46. The van der Waals surface area contributed by atoms with E-state index >= 15 is 0 Å². The van der Waals surface area contributed by atoms with Gasteiger partial charge in [-0.25, -0.2) is 16.8 Å². The average molecular weight is 572 g/mol. The van der Waals surface area contributed by atoms with Crippen molar-refractivity contribution >= 4 is 31.6 Å². The van der Waals surface area contributed by atoms with Gasteiger partial charge in [0.25, 0.3) is 10.0 Å². The Morgan fingerprint density at radius 2 is 1.49 bits per heavy atom. The summed E-state index contributed by atoms with van der Waals surface area (Å²) in [6.45, 7) is 4.67. The summed E-state index contributed by atoms with van der Waals surface area (Å²) >= 11 is 0. The highest BCUT2D eigenvalue weighted by Crippen LogP contribution is 2.26. The van der Waals surface area contributed by atoms with Crippen molar-refractivity contribution in [1.82, 2.24) is 9.62 Å². The van der Waals surface area contributed by atoms with Gasteiger partial charge in [0.2, 0.25) is 15.9 Å². The van der Waals surface area contributed by atoms with Crippen LogP contribution in [0.3, 0.4) is 0 Å². The quantitative estimate of drug-likeness (QED) is 0.353. The van der Waals surface area contributed by atoms with Crippen molar-refractivity contribution in [2.45, 2.75) is 36.5 Å². The van der Waals surface area contributed by atoms with Crippen molar-refractivity contribution in [3.8, 4) is 5.75 Å². The van der Waals surface area contributed by atoms with Gasteiger partial charge in [0.1, 0.15) is 18.9 Å².